The van der Waals surface area contributed by atoms with Gasteiger partial charge in [-0.25, -0.2) is 9.76 Å². The summed E-state index contributed by atoms with van der Waals surface area (Å²) in [4.78, 5) is 0. The molecule has 0 unspecified atom stereocenters. The Kier molecular flexibility index (Phi) is 6.84. The number of nitrogens with zero attached hydrogens (tertiary/aromatic N) is 1. The van der Waals surface area contributed by atoms with Crippen LogP contribution in [0.3, 0.4) is 0 Å². The molecule has 1 saturated heterocycles. The predicted molar refractivity (Wildman–Crippen MR) is 83.8 cm³/mol. The number of hydrogen-bond acceptors (Lipinski definition) is 6. The maximum absolute atomic E-state index is 12.3. The van der Waals surface area contributed by atoms with E-state index in [1.54, 1.807) is 13.8 Å². The fourth-order valence-electron chi connectivity index (χ4n) is 2.65. The molecule has 0 bridgehead atoms. The highest BCUT2D eigenvalue weighted by Gasteiger charge is 2.37. The van der Waals surface area contributed by atoms with Gasteiger partial charge in [0.2, 0.25) is 0 Å². The van der Waals surface area contributed by atoms with Crippen LogP contribution in [-0.2, 0) is 23.1 Å². The first-order chi connectivity index (χ1) is 10.6. The maximum atomic E-state index is 12.3. The molecule has 0 aromatic heterocycles. The van der Waals surface area contributed by atoms with Crippen LogP contribution in [0.5, 0.6) is 0 Å². The lowest BCUT2D eigenvalue weighted by Crippen LogP contribution is -2.39. The van der Waals surface area contributed by atoms with Crippen LogP contribution in [0, 0.1) is 0 Å². The molecular formula is C14H27N2O5P. The summed E-state index contributed by atoms with van der Waals surface area (Å²) in [6.07, 6.45) is 5.17. The first kappa shape index (κ1) is 17.9. The Morgan fingerprint density at radius 2 is 1.68 bits per heavy atom. The van der Waals surface area contributed by atoms with E-state index >= 15 is 0 Å². The van der Waals surface area contributed by atoms with Gasteiger partial charge in [-0.3, -0.25) is 9.05 Å². The van der Waals surface area contributed by atoms with Gasteiger partial charge in [-0.1, -0.05) is 0 Å². The quantitative estimate of drug-likeness (QED) is 0.593. The molecule has 1 saturated carbocycles. The Hall–Kier alpha value is -0.460. The molecule has 8 heteroatoms. The van der Waals surface area contributed by atoms with Crippen LogP contribution in [0.1, 0.15) is 52.4 Å². The molecule has 0 atom stereocenters. The molecular weight excluding hydrogens is 307 g/mol. The van der Waals surface area contributed by atoms with E-state index in [1.807, 2.05) is 0 Å². The van der Waals surface area contributed by atoms with Crippen LogP contribution >= 0.6 is 7.75 Å². The molecule has 1 heterocycles. The average Bonchev–Trinajstić information content (AvgIpc) is 2.73. The van der Waals surface area contributed by atoms with E-state index in [0.29, 0.717) is 13.2 Å². The molecule has 1 spiro atoms. The van der Waals surface area contributed by atoms with E-state index in [-0.39, 0.29) is 0 Å². The van der Waals surface area contributed by atoms with E-state index < -0.39 is 13.5 Å². The normalized spacial score (nSPS) is 22.4. The molecule has 2 rings (SSSR count). The average molecular weight is 334 g/mol. The SMILES string of the molecule is CCOP(=O)(NN=C1CCC2(CC1)OCCCCO2)OCC. The molecule has 0 radical (unpaired) electrons. The summed E-state index contributed by atoms with van der Waals surface area (Å²) < 4.78 is 34.4. The Labute approximate surface area is 132 Å². The van der Waals surface area contributed by atoms with Crippen molar-refractivity contribution >= 4 is 13.5 Å². The molecule has 1 aliphatic carbocycles. The highest BCUT2D eigenvalue weighted by molar-refractivity contribution is 7.51. The van der Waals surface area contributed by atoms with Crippen LogP contribution in [0.25, 0.3) is 0 Å². The standard InChI is InChI=1S/C14H27N2O5P/c1-3-20-22(17,21-4-2)16-15-13-7-9-14(10-8-13)18-11-5-6-12-19-14/h3-12H2,1-2H3,(H,16,17). The fourth-order valence-corrected chi connectivity index (χ4v) is 3.78. The van der Waals surface area contributed by atoms with Gasteiger partial charge < -0.3 is 9.47 Å². The Bertz CT molecular complexity index is 399. The second kappa shape index (κ2) is 8.41. The monoisotopic (exact) mass is 334 g/mol. The number of hydrazone groups is 1. The maximum Gasteiger partial charge on any atom is 0.448 e. The van der Waals surface area contributed by atoms with Crippen molar-refractivity contribution in [3.8, 4) is 0 Å². The van der Waals surface area contributed by atoms with Gasteiger partial charge in [-0.05, 0) is 39.5 Å². The largest absolute Gasteiger partial charge is 0.448 e. The zero-order valence-corrected chi connectivity index (χ0v) is 14.4. The minimum absolute atomic E-state index is 0.305. The van der Waals surface area contributed by atoms with Gasteiger partial charge in [0.15, 0.2) is 5.79 Å². The summed E-state index contributed by atoms with van der Waals surface area (Å²) in [7, 11) is -3.33. The number of rotatable bonds is 6. The Morgan fingerprint density at radius 3 is 2.18 bits per heavy atom. The summed E-state index contributed by atoms with van der Waals surface area (Å²) in [6.45, 7) is 5.67. The van der Waals surface area contributed by atoms with E-state index in [4.69, 9.17) is 18.5 Å². The first-order valence-electron chi connectivity index (χ1n) is 8.11. The van der Waals surface area contributed by atoms with E-state index in [1.165, 1.54) is 0 Å². The zero-order valence-electron chi connectivity index (χ0n) is 13.5. The summed E-state index contributed by atoms with van der Waals surface area (Å²) in [5, 5.41) is 6.83. The van der Waals surface area contributed by atoms with Crippen LogP contribution in [0.2, 0.25) is 0 Å². The van der Waals surface area contributed by atoms with Gasteiger partial charge in [0.1, 0.15) is 0 Å². The van der Waals surface area contributed by atoms with Gasteiger partial charge in [0, 0.05) is 18.6 Å². The minimum Gasteiger partial charge on any atom is -0.350 e. The molecule has 22 heavy (non-hydrogen) atoms. The van der Waals surface area contributed by atoms with Crippen LogP contribution < -0.4 is 5.20 Å². The molecule has 1 aliphatic heterocycles. The molecule has 0 aromatic carbocycles. The van der Waals surface area contributed by atoms with Crippen molar-refractivity contribution in [1.82, 2.24) is 5.20 Å². The molecule has 2 fully saturated rings. The van der Waals surface area contributed by atoms with Gasteiger partial charge in [-0.2, -0.15) is 5.10 Å². The van der Waals surface area contributed by atoms with Crippen molar-refractivity contribution in [3.05, 3.63) is 0 Å². The van der Waals surface area contributed by atoms with Gasteiger partial charge in [-0.15, -0.1) is 0 Å². The first-order valence-corrected chi connectivity index (χ1v) is 9.65. The van der Waals surface area contributed by atoms with Gasteiger partial charge >= 0.3 is 7.75 Å². The van der Waals surface area contributed by atoms with E-state index in [9.17, 15) is 4.57 Å². The minimum atomic E-state index is -3.33. The third kappa shape index (κ3) is 5.03. The molecule has 2 aliphatic rings. The lowest BCUT2D eigenvalue weighted by molar-refractivity contribution is -0.234. The Morgan fingerprint density at radius 1 is 1.14 bits per heavy atom. The lowest BCUT2D eigenvalue weighted by atomic mass is 9.92. The van der Waals surface area contributed by atoms with Crippen LogP contribution in [0.15, 0.2) is 5.10 Å². The molecule has 7 nitrogen and oxygen atoms in total. The predicted octanol–water partition coefficient (Wildman–Crippen LogP) is 3.21. The second-order valence-electron chi connectivity index (χ2n) is 5.43. The summed E-state index contributed by atoms with van der Waals surface area (Å²) in [5.74, 6) is -0.445. The second-order valence-corrected chi connectivity index (χ2v) is 7.14. The third-order valence-corrected chi connectivity index (χ3v) is 5.33. The van der Waals surface area contributed by atoms with Crippen molar-refractivity contribution in [2.75, 3.05) is 26.4 Å². The summed E-state index contributed by atoms with van der Waals surface area (Å²) in [6, 6.07) is 0. The summed E-state index contributed by atoms with van der Waals surface area (Å²) in [5.41, 5.74) is 0.946. The smallest absolute Gasteiger partial charge is 0.350 e. The van der Waals surface area contributed by atoms with E-state index in [0.717, 1.165) is 57.5 Å². The van der Waals surface area contributed by atoms with Crippen molar-refractivity contribution in [3.63, 3.8) is 0 Å². The highest BCUT2D eigenvalue weighted by Crippen LogP contribution is 2.43. The van der Waals surface area contributed by atoms with Crippen LogP contribution in [0.4, 0.5) is 0 Å². The molecule has 1 N–H and O–H groups in total. The van der Waals surface area contributed by atoms with Gasteiger partial charge in [0.05, 0.1) is 26.4 Å². The van der Waals surface area contributed by atoms with Crippen LogP contribution in [-0.4, -0.2) is 37.9 Å². The van der Waals surface area contributed by atoms with Gasteiger partial charge in [0.25, 0.3) is 0 Å². The highest BCUT2D eigenvalue weighted by atomic mass is 31.2. The fraction of sp³-hybridized carbons (Fsp3) is 0.929. The summed E-state index contributed by atoms with van der Waals surface area (Å²) >= 11 is 0. The lowest BCUT2D eigenvalue weighted by Gasteiger charge is -2.36. The zero-order chi connectivity index (χ0) is 15.9. The van der Waals surface area contributed by atoms with Crippen molar-refractivity contribution < 1.29 is 23.1 Å². The number of nitrogens with one attached hydrogen (secondary N) is 1. The third-order valence-electron chi connectivity index (χ3n) is 3.79. The van der Waals surface area contributed by atoms with Crippen molar-refractivity contribution in [2.24, 2.45) is 5.10 Å². The van der Waals surface area contributed by atoms with Crippen molar-refractivity contribution in [1.29, 1.82) is 0 Å². The number of hydrogen-bond donors (Lipinski definition) is 1. The van der Waals surface area contributed by atoms with Crippen molar-refractivity contribution in [2.45, 2.75) is 58.2 Å². The van der Waals surface area contributed by atoms with E-state index in [2.05, 4.69) is 10.3 Å². The Balaban J connectivity index is 1.88. The molecule has 128 valence electrons. The number of ether oxygens (including phenoxy) is 2. The topological polar surface area (TPSA) is 78.4 Å². The molecule has 0 aromatic rings. The molecule has 0 amide bonds.